The quantitative estimate of drug-likeness (QED) is 0.438. The number of nitrogens with one attached hydrogen (secondary N) is 1. The largest absolute Gasteiger partial charge is 0.497 e. The molecule has 198 valence electrons. The van der Waals surface area contributed by atoms with Gasteiger partial charge in [0.1, 0.15) is 17.6 Å². The first-order valence-corrected chi connectivity index (χ1v) is 11.8. The van der Waals surface area contributed by atoms with Gasteiger partial charge < -0.3 is 29.2 Å². The number of carbonyl (C=O) groups is 4. The van der Waals surface area contributed by atoms with Gasteiger partial charge in [0.05, 0.1) is 45.5 Å². The van der Waals surface area contributed by atoms with Crippen LogP contribution >= 0.6 is 0 Å². The van der Waals surface area contributed by atoms with E-state index in [2.05, 4.69) is 10.3 Å². The molecule has 3 aliphatic rings. The minimum absolute atomic E-state index is 0.0322. The standard InChI is InChI=1S/C25H30N4O8/c1-7-10-26-24(33)29-16(20(30)35-4)12-25-14-11-13(34-3)8-9-15(14)28(2)19(25)17(21(31)36-5)18(22(32)37-6)27-23(25)29/h8-9,11,16,19H,7,10,12H2,1-6H3,(H,26,33)/t16-,19-,25-/m0/s1. The van der Waals surface area contributed by atoms with Crippen LogP contribution in [0, 0.1) is 0 Å². The smallest absolute Gasteiger partial charge is 0.357 e. The lowest BCUT2D eigenvalue weighted by atomic mass is 9.69. The molecule has 12 heteroatoms. The molecule has 0 bridgehead atoms. The molecule has 12 nitrogen and oxygen atoms in total. The van der Waals surface area contributed by atoms with E-state index in [1.165, 1.54) is 33.3 Å². The van der Waals surface area contributed by atoms with Gasteiger partial charge in [-0.2, -0.15) is 0 Å². The number of rotatable bonds is 6. The Morgan fingerprint density at radius 1 is 1.08 bits per heavy atom. The molecule has 37 heavy (non-hydrogen) atoms. The predicted molar refractivity (Wildman–Crippen MR) is 131 cm³/mol. The molecule has 1 fully saturated rings. The minimum atomic E-state index is -1.19. The molecule has 0 saturated carbocycles. The number of esters is 3. The average Bonchev–Trinajstić information content (AvgIpc) is 3.40. The molecule has 0 aromatic heterocycles. The number of urea groups is 1. The van der Waals surface area contributed by atoms with E-state index in [-0.39, 0.29) is 23.5 Å². The average molecular weight is 515 g/mol. The molecule has 0 radical (unpaired) electrons. The van der Waals surface area contributed by atoms with E-state index in [9.17, 15) is 19.2 Å². The second-order valence-corrected chi connectivity index (χ2v) is 8.89. The molecule has 1 spiro atoms. The summed E-state index contributed by atoms with van der Waals surface area (Å²) in [6, 6.07) is 2.88. The topological polar surface area (TPSA) is 136 Å². The van der Waals surface area contributed by atoms with Crippen molar-refractivity contribution in [1.29, 1.82) is 0 Å². The Labute approximate surface area is 214 Å². The molecular weight excluding hydrogens is 484 g/mol. The van der Waals surface area contributed by atoms with Gasteiger partial charge in [-0.1, -0.05) is 6.92 Å². The Morgan fingerprint density at radius 2 is 1.78 bits per heavy atom. The van der Waals surface area contributed by atoms with Crippen molar-refractivity contribution in [2.75, 3.05) is 46.9 Å². The van der Waals surface area contributed by atoms with Gasteiger partial charge in [0, 0.05) is 19.3 Å². The molecule has 3 aliphatic heterocycles. The predicted octanol–water partition coefficient (Wildman–Crippen LogP) is 1.13. The van der Waals surface area contributed by atoms with Gasteiger partial charge in [-0.25, -0.2) is 24.2 Å². The van der Waals surface area contributed by atoms with Crippen LogP contribution in [0.4, 0.5) is 10.5 Å². The molecule has 1 aromatic carbocycles. The highest BCUT2D eigenvalue weighted by atomic mass is 16.5. The highest BCUT2D eigenvalue weighted by molar-refractivity contribution is 6.17. The number of ether oxygens (including phenoxy) is 4. The summed E-state index contributed by atoms with van der Waals surface area (Å²) in [7, 11) is 6.90. The fourth-order valence-corrected chi connectivity index (χ4v) is 5.58. The van der Waals surface area contributed by atoms with Crippen molar-refractivity contribution in [2.45, 2.75) is 37.3 Å². The van der Waals surface area contributed by atoms with Crippen LogP contribution in [0.15, 0.2) is 34.5 Å². The molecule has 1 aromatic rings. The van der Waals surface area contributed by atoms with Crippen molar-refractivity contribution in [1.82, 2.24) is 10.2 Å². The summed E-state index contributed by atoms with van der Waals surface area (Å²) in [5.41, 5.74) is -0.124. The molecule has 2 amide bonds. The van der Waals surface area contributed by atoms with E-state index < -0.39 is 41.4 Å². The summed E-state index contributed by atoms with van der Waals surface area (Å²) >= 11 is 0. The van der Waals surface area contributed by atoms with Gasteiger partial charge in [-0.05, 0) is 36.6 Å². The number of likely N-dealkylation sites (N-methyl/N-ethyl adjacent to an activating group) is 1. The number of nitrogens with zero attached hydrogens (tertiary/aromatic N) is 3. The number of hydrogen-bond acceptors (Lipinski definition) is 10. The Kier molecular flexibility index (Phi) is 6.85. The van der Waals surface area contributed by atoms with Crippen LogP contribution in [0.3, 0.4) is 0 Å². The lowest BCUT2D eigenvalue weighted by molar-refractivity contribution is -0.144. The van der Waals surface area contributed by atoms with Crippen LogP contribution in [0.25, 0.3) is 0 Å². The highest BCUT2D eigenvalue weighted by Crippen LogP contribution is 2.58. The minimum Gasteiger partial charge on any atom is -0.497 e. The highest BCUT2D eigenvalue weighted by Gasteiger charge is 2.67. The van der Waals surface area contributed by atoms with Gasteiger partial charge in [0.15, 0.2) is 5.70 Å². The maximum absolute atomic E-state index is 13.5. The van der Waals surface area contributed by atoms with E-state index in [0.29, 0.717) is 30.0 Å². The molecular formula is C25H30N4O8. The number of aliphatic imine (C=N–C) groups is 1. The number of fused-ring (bicyclic) bond motifs is 1. The van der Waals surface area contributed by atoms with Gasteiger partial charge in [-0.15, -0.1) is 0 Å². The third-order valence-corrected chi connectivity index (χ3v) is 7.12. The van der Waals surface area contributed by atoms with Crippen molar-refractivity contribution in [3.63, 3.8) is 0 Å². The lowest BCUT2D eigenvalue weighted by Crippen LogP contribution is -2.56. The molecule has 3 heterocycles. The zero-order chi connectivity index (χ0) is 27.1. The first-order valence-electron chi connectivity index (χ1n) is 11.8. The van der Waals surface area contributed by atoms with E-state index in [4.69, 9.17) is 18.9 Å². The monoisotopic (exact) mass is 514 g/mol. The van der Waals surface area contributed by atoms with Gasteiger partial charge >= 0.3 is 23.9 Å². The second-order valence-electron chi connectivity index (χ2n) is 8.89. The Bertz CT molecular complexity index is 1230. The fraction of sp³-hybridized carbons (Fsp3) is 0.480. The van der Waals surface area contributed by atoms with E-state index >= 15 is 0 Å². The second kappa shape index (κ2) is 9.75. The van der Waals surface area contributed by atoms with E-state index in [0.717, 1.165) is 0 Å². The van der Waals surface area contributed by atoms with Crippen LogP contribution in [0.2, 0.25) is 0 Å². The number of hydrogen-bond donors (Lipinski definition) is 1. The molecule has 1 saturated heterocycles. The lowest BCUT2D eigenvalue weighted by Gasteiger charge is -2.39. The molecule has 0 unspecified atom stereocenters. The summed E-state index contributed by atoms with van der Waals surface area (Å²) in [4.78, 5) is 60.3. The van der Waals surface area contributed by atoms with Gasteiger partial charge in [0.25, 0.3) is 0 Å². The Balaban J connectivity index is 2.08. The first-order chi connectivity index (χ1) is 17.7. The van der Waals surface area contributed by atoms with Crippen molar-refractivity contribution < 1.29 is 38.1 Å². The molecule has 1 N–H and O–H groups in total. The number of amidine groups is 1. The maximum Gasteiger partial charge on any atom is 0.357 e. The van der Waals surface area contributed by atoms with Crippen molar-refractivity contribution in [3.8, 4) is 5.75 Å². The normalized spacial score (nSPS) is 23.5. The third-order valence-electron chi connectivity index (χ3n) is 7.12. The first kappa shape index (κ1) is 26.0. The number of amides is 2. The summed E-state index contributed by atoms with van der Waals surface area (Å²) < 4.78 is 20.6. The summed E-state index contributed by atoms with van der Waals surface area (Å²) in [5.74, 6) is -1.64. The van der Waals surface area contributed by atoms with Crippen molar-refractivity contribution >= 4 is 35.5 Å². The SMILES string of the molecule is CCCNC(=O)N1C2=NC(C(=O)OC)=C(C(=O)OC)[C@@H]3N(C)c4ccc(OC)cc4[C@]23C[C@H]1C(=O)OC. The molecule has 4 rings (SSSR count). The zero-order valence-corrected chi connectivity index (χ0v) is 21.6. The maximum atomic E-state index is 13.5. The van der Waals surface area contributed by atoms with Gasteiger partial charge in [0.2, 0.25) is 0 Å². The Hall–Kier alpha value is -4.09. The number of likely N-dealkylation sites (tertiary alicyclic amines) is 1. The summed E-state index contributed by atoms with van der Waals surface area (Å²) in [5, 5.41) is 2.79. The summed E-state index contributed by atoms with van der Waals surface area (Å²) in [6.45, 7) is 2.25. The van der Waals surface area contributed by atoms with Crippen molar-refractivity contribution in [3.05, 3.63) is 35.0 Å². The zero-order valence-electron chi connectivity index (χ0n) is 21.6. The van der Waals surface area contributed by atoms with E-state index in [1.54, 1.807) is 19.2 Å². The number of benzene rings is 1. The third kappa shape index (κ3) is 3.69. The number of anilines is 1. The van der Waals surface area contributed by atoms with Crippen molar-refractivity contribution in [2.24, 2.45) is 4.99 Å². The number of carbonyl (C=O) groups excluding carboxylic acids is 4. The van der Waals surface area contributed by atoms with Crippen LogP contribution in [-0.4, -0.2) is 88.8 Å². The molecule has 3 atom stereocenters. The Morgan fingerprint density at radius 3 is 2.38 bits per heavy atom. The van der Waals surface area contributed by atoms with Crippen LogP contribution in [0.1, 0.15) is 25.3 Å². The van der Waals surface area contributed by atoms with Crippen LogP contribution in [0.5, 0.6) is 5.75 Å². The van der Waals surface area contributed by atoms with E-state index in [1.807, 2.05) is 17.9 Å². The summed E-state index contributed by atoms with van der Waals surface area (Å²) in [6.07, 6.45) is 0.702. The molecule has 0 aliphatic carbocycles. The number of methoxy groups -OCH3 is 4. The fourth-order valence-electron chi connectivity index (χ4n) is 5.58. The van der Waals surface area contributed by atoms with Crippen LogP contribution < -0.4 is 15.0 Å². The van der Waals surface area contributed by atoms with Gasteiger partial charge in [-0.3, -0.25) is 4.90 Å². The van der Waals surface area contributed by atoms with Crippen LogP contribution in [-0.2, 0) is 34.0 Å².